The molecule has 2 heterocycles. The van der Waals surface area contributed by atoms with Gasteiger partial charge in [0.05, 0.1) is 24.0 Å². The predicted molar refractivity (Wildman–Crippen MR) is 86.6 cm³/mol. The molecule has 116 valence electrons. The van der Waals surface area contributed by atoms with E-state index in [4.69, 9.17) is 0 Å². The van der Waals surface area contributed by atoms with E-state index >= 15 is 0 Å². The second-order valence-electron chi connectivity index (χ2n) is 5.36. The number of carbonyl (C=O) groups excluding carboxylic acids is 1. The normalized spacial score (nSPS) is 10.5. The van der Waals surface area contributed by atoms with Crippen molar-refractivity contribution in [2.45, 2.75) is 13.5 Å². The van der Waals surface area contributed by atoms with Gasteiger partial charge in [-0.3, -0.25) is 14.5 Å². The largest absolute Gasteiger partial charge is 0.346 e. The van der Waals surface area contributed by atoms with Crippen molar-refractivity contribution >= 4 is 5.91 Å². The summed E-state index contributed by atoms with van der Waals surface area (Å²) in [5.41, 5.74) is 4.49. The van der Waals surface area contributed by atoms with E-state index in [1.165, 1.54) is 5.56 Å². The molecule has 23 heavy (non-hydrogen) atoms. The highest BCUT2D eigenvalue weighted by atomic mass is 16.1. The molecule has 1 N–H and O–H groups in total. The van der Waals surface area contributed by atoms with Gasteiger partial charge in [-0.15, -0.1) is 5.10 Å². The number of nitrogens with zero attached hydrogens (tertiary/aromatic N) is 4. The quantitative estimate of drug-likeness (QED) is 0.801. The first-order chi connectivity index (χ1) is 11.1. The summed E-state index contributed by atoms with van der Waals surface area (Å²) >= 11 is 0. The maximum absolute atomic E-state index is 12.3. The molecule has 0 aliphatic heterocycles. The minimum Gasteiger partial charge on any atom is -0.346 e. The van der Waals surface area contributed by atoms with Gasteiger partial charge in [-0.25, -0.2) is 0 Å². The summed E-state index contributed by atoms with van der Waals surface area (Å²) in [5, 5.41) is 10.5. The monoisotopic (exact) mass is 307 g/mol. The van der Waals surface area contributed by atoms with Crippen LogP contribution in [0.25, 0.3) is 11.1 Å². The summed E-state index contributed by atoms with van der Waals surface area (Å²) in [6, 6.07) is 9.95. The van der Waals surface area contributed by atoms with Crippen molar-refractivity contribution in [1.29, 1.82) is 0 Å². The Morgan fingerprint density at radius 3 is 2.78 bits per heavy atom. The highest BCUT2D eigenvalue weighted by molar-refractivity contribution is 5.95. The summed E-state index contributed by atoms with van der Waals surface area (Å²) in [6.45, 7) is 2.41. The Hall–Kier alpha value is -3.02. The van der Waals surface area contributed by atoms with Crippen LogP contribution in [-0.2, 0) is 13.6 Å². The van der Waals surface area contributed by atoms with E-state index in [9.17, 15) is 4.79 Å². The van der Waals surface area contributed by atoms with Crippen LogP contribution < -0.4 is 5.32 Å². The number of amides is 1. The van der Waals surface area contributed by atoms with E-state index in [0.717, 1.165) is 16.8 Å². The summed E-state index contributed by atoms with van der Waals surface area (Å²) in [7, 11) is 1.79. The Labute approximate surface area is 134 Å². The van der Waals surface area contributed by atoms with Crippen LogP contribution in [0.3, 0.4) is 0 Å². The molecule has 0 saturated carbocycles. The molecule has 0 aliphatic carbocycles. The van der Waals surface area contributed by atoms with Crippen LogP contribution in [0.5, 0.6) is 0 Å². The predicted octanol–water partition coefficient (Wildman–Crippen LogP) is 2.12. The molecule has 0 unspecified atom stereocenters. The zero-order valence-corrected chi connectivity index (χ0v) is 13.0. The van der Waals surface area contributed by atoms with Crippen molar-refractivity contribution in [2.75, 3.05) is 0 Å². The fourth-order valence-corrected chi connectivity index (χ4v) is 2.29. The zero-order chi connectivity index (χ0) is 16.2. The molecular formula is C17H17N5O. The smallest absolute Gasteiger partial charge is 0.253 e. The van der Waals surface area contributed by atoms with Crippen molar-refractivity contribution in [2.24, 2.45) is 7.05 Å². The van der Waals surface area contributed by atoms with Gasteiger partial charge in [-0.1, -0.05) is 35.0 Å². The number of aromatic nitrogens is 4. The molecule has 0 saturated heterocycles. The Morgan fingerprint density at radius 2 is 2.04 bits per heavy atom. The van der Waals surface area contributed by atoms with Crippen molar-refractivity contribution in [3.63, 3.8) is 0 Å². The average molecular weight is 307 g/mol. The Morgan fingerprint density at radius 1 is 1.17 bits per heavy atom. The molecule has 3 aromatic rings. The van der Waals surface area contributed by atoms with Crippen LogP contribution in [0.4, 0.5) is 0 Å². The Bertz CT molecular complexity index is 840. The fourth-order valence-electron chi connectivity index (χ4n) is 2.29. The third kappa shape index (κ3) is 3.42. The van der Waals surface area contributed by atoms with Gasteiger partial charge in [-0.2, -0.15) is 0 Å². The van der Waals surface area contributed by atoms with Crippen molar-refractivity contribution in [1.82, 2.24) is 25.3 Å². The molecular weight excluding hydrogens is 290 g/mol. The number of nitrogens with one attached hydrogen (secondary N) is 1. The molecule has 6 nitrogen and oxygen atoms in total. The maximum Gasteiger partial charge on any atom is 0.253 e. The summed E-state index contributed by atoms with van der Waals surface area (Å²) in [4.78, 5) is 16.5. The first-order valence-corrected chi connectivity index (χ1v) is 7.27. The number of hydrogen-bond donors (Lipinski definition) is 1. The van der Waals surface area contributed by atoms with Gasteiger partial charge >= 0.3 is 0 Å². The lowest BCUT2D eigenvalue weighted by Crippen LogP contribution is -2.24. The minimum atomic E-state index is -0.173. The van der Waals surface area contributed by atoms with Gasteiger partial charge in [-0.05, 0) is 18.6 Å². The first-order valence-electron chi connectivity index (χ1n) is 7.27. The minimum absolute atomic E-state index is 0.173. The molecule has 6 heteroatoms. The van der Waals surface area contributed by atoms with Gasteiger partial charge in [0, 0.05) is 25.0 Å². The molecule has 0 spiro atoms. The SMILES string of the molecule is Cc1cccc(-c2cncc(C(=O)NCc3cnnn3C)c2)c1. The van der Waals surface area contributed by atoms with E-state index < -0.39 is 0 Å². The third-order valence-corrected chi connectivity index (χ3v) is 3.59. The molecule has 3 rings (SSSR count). The second kappa shape index (κ2) is 6.39. The van der Waals surface area contributed by atoms with E-state index in [1.54, 1.807) is 30.3 Å². The van der Waals surface area contributed by atoms with E-state index in [-0.39, 0.29) is 5.91 Å². The lowest BCUT2D eigenvalue weighted by Gasteiger charge is -2.07. The lowest BCUT2D eigenvalue weighted by molar-refractivity contribution is 0.0949. The number of pyridine rings is 1. The van der Waals surface area contributed by atoms with E-state index in [1.807, 2.05) is 31.2 Å². The molecule has 1 amide bonds. The second-order valence-corrected chi connectivity index (χ2v) is 5.36. The van der Waals surface area contributed by atoms with Gasteiger partial charge in [0.25, 0.3) is 5.91 Å². The standard InChI is InChI=1S/C17H17N5O/c1-12-4-3-5-13(6-12)14-7-15(9-18-8-14)17(23)19-10-16-11-20-21-22(16)2/h3-9,11H,10H2,1-2H3,(H,19,23). The Balaban J connectivity index is 1.76. The van der Waals surface area contributed by atoms with Crippen molar-refractivity contribution in [3.05, 3.63) is 65.7 Å². The molecule has 0 fully saturated rings. The molecule has 1 aromatic carbocycles. The average Bonchev–Trinajstić information content (AvgIpc) is 2.98. The number of hydrogen-bond acceptors (Lipinski definition) is 4. The van der Waals surface area contributed by atoms with E-state index in [2.05, 4.69) is 26.7 Å². The van der Waals surface area contributed by atoms with Crippen molar-refractivity contribution < 1.29 is 4.79 Å². The summed E-state index contributed by atoms with van der Waals surface area (Å²) in [5.74, 6) is -0.173. The number of carbonyl (C=O) groups is 1. The molecule has 0 atom stereocenters. The first kappa shape index (κ1) is 14.9. The fraction of sp³-hybridized carbons (Fsp3) is 0.176. The lowest BCUT2D eigenvalue weighted by atomic mass is 10.0. The van der Waals surface area contributed by atoms with Crippen molar-refractivity contribution in [3.8, 4) is 11.1 Å². The van der Waals surface area contributed by atoms with Crippen LogP contribution in [0, 0.1) is 6.92 Å². The topological polar surface area (TPSA) is 72.7 Å². The number of rotatable bonds is 4. The van der Waals surface area contributed by atoms with E-state index in [0.29, 0.717) is 12.1 Å². The van der Waals surface area contributed by atoms with Crippen LogP contribution in [0.15, 0.2) is 48.9 Å². The number of aryl methyl sites for hydroxylation is 2. The van der Waals surface area contributed by atoms with Crippen LogP contribution in [-0.4, -0.2) is 25.9 Å². The van der Waals surface area contributed by atoms with Gasteiger partial charge < -0.3 is 5.32 Å². The van der Waals surface area contributed by atoms with Crippen LogP contribution in [0.2, 0.25) is 0 Å². The summed E-state index contributed by atoms with van der Waals surface area (Å²) < 4.78 is 1.63. The summed E-state index contributed by atoms with van der Waals surface area (Å²) in [6.07, 6.45) is 4.95. The third-order valence-electron chi connectivity index (χ3n) is 3.59. The van der Waals surface area contributed by atoms with Gasteiger partial charge in [0.1, 0.15) is 0 Å². The molecule has 0 radical (unpaired) electrons. The highest BCUT2D eigenvalue weighted by Gasteiger charge is 2.09. The van der Waals surface area contributed by atoms with Crippen LogP contribution >= 0.6 is 0 Å². The number of benzene rings is 1. The van der Waals surface area contributed by atoms with Crippen LogP contribution in [0.1, 0.15) is 21.6 Å². The van der Waals surface area contributed by atoms with Gasteiger partial charge in [0.15, 0.2) is 0 Å². The maximum atomic E-state index is 12.3. The molecule has 2 aromatic heterocycles. The Kier molecular flexibility index (Phi) is 4.14. The zero-order valence-electron chi connectivity index (χ0n) is 13.0. The highest BCUT2D eigenvalue weighted by Crippen LogP contribution is 2.20. The van der Waals surface area contributed by atoms with Gasteiger partial charge in [0.2, 0.25) is 0 Å². The molecule has 0 bridgehead atoms. The molecule has 0 aliphatic rings.